The maximum Gasteiger partial charge on any atom is 0.317 e. The molecule has 0 bridgehead atoms. The second-order valence-corrected chi connectivity index (χ2v) is 7.77. The summed E-state index contributed by atoms with van der Waals surface area (Å²) in [7, 11) is 0. The van der Waals surface area contributed by atoms with E-state index in [0.717, 1.165) is 44.9 Å². The van der Waals surface area contributed by atoms with Crippen LogP contribution in [0, 0.1) is 11.8 Å². The molecular formula is C18H31N5O. The van der Waals surface area contributed by atoms with Crippen LogP contribution in [0.15, 0.2) is 12.3 Å². The Labute approximate surface area is 145 Å². The Kier molecular flexibility index (Phi) is 5.76. The number of H-pyrrole nitrogens is 1. The lowest BCUT2D eigenvalue weighted by molar-refractivity contribution is 0.179. The van der Waals surface area contributed by atoms with Crippen molar-refractivity contribution in [1.29, 1.82) is 0 Å². The molecule has 2 amide bonds. The number of hydrogen-bond acceptors (Lipinski definition) is 3. The van der Waals surface area contributed by atoms with E-state index in [2.05, 4.69) is 34.3 Å². The van der Waals surface area contributed by atoms with Crippen LogP contribution in [0.4, 0.5) is 4.79 Å². The number of nitrogens with zero attached hydrogens (tertiary/aromatic N) is 3. The number of urea groups is 1. The SMILES string of the molecule is CC(C)CN1CC[C@H](CNC(=O)N2CCC(c3ccn[nH]3)CC2)C1. The first kappa shape index (κ1) is 17.3. The number of aromatic amines is 1. The van der Waals surface area contributed by atoms with Gasteiger partial charge in [-0.1, -0.05) is 13.8 Å². The van der Waals surface area contributed by atoms with Crippen LogP contribution < -0.4 is 5.32 Å². The number of carbonyl (C=O) groups is 1. The highest BCUT2D eigenvalue weighted by molar-refractivity contribution is 5.74. The van der Waals surface area contributed by atoms with Crippen molar-refractivity contribution in [3.05, 3.63) is 18.0 Å². The van der Waals surface area contributed by atoms with Gasteiger partial charge in [-0.05, 0) is 43.7 Å². The van der Waals surface area contributed by atoms with Gasteiger partial charge in [-0.15, -0.1) is 0 Å². The average Bonchev–Trinajstić information content (AvgIpc) is 3.24. The molecule has 0 spiro atoms. The second-order valence-electron chi connectivity index (χ2n) is 7.77. The largest absolute Gasteiger partial charge is 0.338 e. The van der Waals surface area contributed by atoms with Gasteiger partial charge in [0, 0.05) is 50.5 Å². The van der Waals surface area contributed by atoms with E-state index in [1.54, 1.807) is 6.20 Å². The van der Waals surface area contributed by atoms with E-state index in [4.69, 9.17) is 0 Å². The number of likely N-dealkylation sites (tertiary alicyclic amines) is 2. The van der Waals surface area contributed by atoms with Crippen molar-refractivity contribution in [3.63, 3.8) is 0 Å². The zero-order valence-corrected chi connectivity index (χ0v) is 15.0. The van der Waals surface area contributed by atoms with Crippen molar-refractivity contribution in [2.45, 2.75) is 39.0 Å². The molecule has 0 aliphatic carbocycles. The molecule has 24 heavy (non-hydrogen) atoms. The van der Waals surface area contributed by atoms with Gasteiger partial charge < -0.3 is 15.1 Å². The topological polar surface area (TPSA) is 64.3 Å². The van der Waals surface area contributed by atoms with Crippen molar-refractivity contribution in [1.82, 2.24) is 25.3 Å². The first-order valence-corrected chi connectivity index (χ1v) is 9.36. The molecule has 0 saturated carbocycles. The van der Waals surface area contributed by atoms with Gasteiger partial charge in [0.25, 0.3) is 0 Å². The van der Waals surface area contributed by atoms with E-state index in [1.807, 2.05) is 11.0 Å². The Morgan fingerprint density at radius 2 is 2.12 bits per heavy atom. The molecule has 6 heteroatoms. The molecule has 3 rings (SSSR count). The van der Waals surface area contributed by atoms with Crippen LogP contribution in [-0.2, 0) is 0 Å². The fraction of sp³-hybridized carbons (Fsp3) is 0.778. The number of hydrogen-bond donors (Lipinski definition) is 2. The summed E-state index contributed by atoms with van der Waals surface area (Å²) in [5.74, 6) is 1.83. The summed E-state index contributed by atoms with van der Waals surface area (Å²) in [6.45, 7) is 10.5. The van der Waals surface area contributed by atoms with E-state index < -0.39 is 0 Å². The van der Waals surface area contributed by atoms with Gasteiger partial charge in [0.2, 0.25) is 0 Å². The predicted molar refractivity (Wildman–Crippen MR) is 94.9 cm³/mol. The van der Waals surface area contributed by atoms with E-state index in [1.165, 1.54) is 25.2 Å². The summed E-state index contributed by atoms with van der Waals surface area (Å²) in [5, 5.41) is 10.2. The van der Waals surface area contributed by atoms with Crippen molar-refractivity contribution < 1.29 is 4.79 Å². The van der Waals surface area contributed by atoms with Crippen molar-refractivity contribution in [3.8, 4) is 0 Å². The molecule has 1 atom stereocenters. The summed E-state index contributed by atoms with van der Waals surface area (Å²) in [6, 6.07) is 2.16. The normalized spacial score (nSPS) is 23.1. The summed E-state index contributed by atoms with van der Waals surface area (Å²) < 4.78 is 0. The van der Waals surface area contributed by atoms with Gasteiger partial charge in [-0.2, -0.15) is 5.10 Å². The van der Waals surface area contributed by atoms with Crippen LogP contribution in [0.5, 0.6) is 0 Å². The van der Waals surface area contributed by atoms with E-state index in [0.29, 0.717) is 11.8 Å². The Balaban J connectivity index is 1.36. The standard InChI is InChI=1S/C18H31N5O/c1-14(2)12-22-8-4-15(13-22)11-19-18(24)23-9-5-16(6-10-23)17-3-7-20-21-17/h3,7,14-16H,4-6,8-13H2,1-2H3,(H,19,24)(H,20,21)/t15-/m1/s1. The third kappa shape index (κ3) is 4.50. The van der Waals surface area contributed by atoms with Gasteiger partial charge in [-0.3, -0.25) is 5.10 Å². The molecule has 0 aromatic carbocycles. The lowest BCUT2D eigenvalue weighted by Crippen LogP contribution is -2.45. The Bertz CT molecular complexity index is 507. The van der Waals surface area contributed by atoms with Crippen LogP contribution in [0.2, 0.25) is 0 Å². The van der Waals surface area contributed by atoms with Gasteiger partial charge >= 0.3 is 6.03 Å². The maximum absolute atomic E-state index is 12.4. The van der Waals surface area contributed by atoms with E-state index in [9.17, 15) is 4.79 Å². The van der Waals surface area contributed by atoms with E-state index in [-0.39, 0.29) is 6.03 Å². The van der Waals surface area contributed by atoms with Crippen LogP contribution >= 0.6 is 0 Å². The summed E-state index contributed by atoms with van der Waals surface area (Å²) in [4.78, 5) is 16.9. The predicted octanol–water partition coefficient (Wildman–Crippen LogP) is 2.28. The van der Waals surface area contributed by atoms with E-state index >= 15 is 0 Å². The fourth-order valence-electron chi connectivity index (χ4n) is 3.99. The monoisotopic (exact) mass is 333 g/mol. The van der Waals surface area contributed by atoms with Crippen molar-refractivity contribution >= 4 is 6.03 Å². The smallest absolute Gasteiger partial charge is 0.317 e. The zero-order valence-electron chi connectivity index (χ0n) is 15.0. The van der Waals surface area contributed by atoms with Crippen LogP contribution in [0.3, 0.4) is 0 Å². The quantitative estimate of drug-likeness (QED) is 0.869. The molecule has 1 aromatic rings. The Morgan fingerprint density at radius 1 is 1.33 bits per heavy atom. The lowest BCUT2D eigenvalue weighted by Gasteiger charge is -2.31. The molecule has 3 heterocycles. The molecule has 2 fully saturated rings. The summed E-state index contributed by atoms with van der Waals surface area (Å²) in [6.07, 6.45) is 5.04. The molecule has 2 aliphatic heterocycles. The molecule has 1 aromatic heterocycles. The zero-order chi connectivity index (χ0) is 16.9. The molecule has 0 unspecified atom stereocenters. The highest BCUT2D eigenvalue weighted by atomic mass is 16.2. The number of aromatic nitrogens is 2. The third-order valence-electron chi connectivity index (χ3n) is 5.28. The second kappa shape index (κ2) is 8.01. The molecular weight excluding hydrogens is 302 g/mol. The van der Waals surface area contributed by atoms with Gasteiger partial charge in [-0.25, -0.2) is 4.79 Å². The summed E-state index contributed by atoms with van der Waals surface area (Å²) in [5.41, 5.74) is 1.20. The highest BCUT2D eigenvalue weighted by Gasteiger charge is 2.26. The molecule has 134 valence electrons. The number of carbonyl (C=O) groups excluding carboxylic acids is 1. The number of amides is 2. The van der Waals surface area contributed by atoms with Crippen LogP contribution in [0.25, 0.3) is 0 Å². The maximum atomic E-state index is 12.4. The number of rotatable bonds is 5. The average molecular weight is 333 g/mol. The van der Waals surface area contributed by atoms with Crippen LogP contribution in [-0.4, -0.2) is 65.3 Å². The number of piperidine rings is 1. The first-order valence-electron chi connectivity index (χ1n) is 9.36. The fourth-order valence-corrected chi connectivity index (χ4v) is 3.99. The molecule has 2 N–H and O–H groups in total. The lowest BCUT2D eigenvalue weighted by atomic mass is 9.94. The Morgan fingerprint density at radius 3 is 2.79 bits per heavy atom. The van der Waals surface area contributed by atoms with Gasteiger partial charge in [0.1, 0.15) is 0 Å². The van der Waals surface area contributed by atoms with Crippen LogP contribution in [0.1, 0.15) is 44.7 Å². The van der Waals surface area contributed by atoms with Crippen molar-refractivity contribution in [2.75, 3.05) is 39.3 Å². The highest BCUT2D eigenvalue weighted by Crippen LogP contribution is 2.26. The molecule has 0 radical (unpaired) electrons. The molecule has 6 nitrogen and oxygen atoms in total. The minimum Gasteiger partial charge on any atom is -0.338 e. The number of nitrogens with one attached hydrogen (secondary N) is 2. The minimum atomic E-state index is 0.111. The molecule has 2 saturated heterocycles. The van der Waals surface area contributed by atoms with Crippen molar-refractivity contribution in [2.24, 2.45) is 11.8 Å². The van der Waals surface area contributed by atoms with Gasteiger partial charge in [0.05, 0.1) is 0 Å². The summed E-state index contributed by atoms with van der Waals surface area (Å²) >= 11 is 0. The first-order chi connectivity index (χ1) is 11.6. The Hall–Kier alpha value is -1.56. The third-order valence-corrected chi connectivity index (χ3v) is 5.28. The molecule has 2 aliphatic rings. The minimum absolute atomic E-state index is 0.111. The van der Waals surface area contributed by atoms with Gasteiger partial charge in [0.15, 0.2) is 0 Å².